The minimum absolute atomic E-state index is 0.107. The Kier molecular flexibility index (Phi) is 2.90. The minimum Gasteiger partial charge on any atom is -0.274 e. The molecule has 1 saturated heterocycles. The molecular formula is C13H6F7NO2. The number of hydrogen-bond donors (Lipinski definition) is 0. The van der Waals surface area contributed by atoms with Crippen molar-refractivity contribution >= 4 is 17.5 Å². The molecule has 2 fully saturated rings. The molecule has 2 aliphatic rings. The van der Waals surface area contributed by atoms with Crippen molar-refractivity contribution in [3.63, 3.8) is 0 Å². The largest absolute Gasteiger partial charge is 0.422 e. The Hall–Kier alpha value is -2.13. The molecule has 1 heterocycles. The van der Waals surface area contributed by atoms with Crippen molar-refractivity contribution in [3.8, 4) is 0 Å². The number of carbonyl (C=O) groups excluding carboxylic acids is 2. The molecule has 1 aromatic rings. The molecule has 124 valence electrons. The third kappa shape index (κ3) is 1.83. The van der Waals surface area contributed by atoms with Gasteiger partial charge in [0.2, 0.25) is 11.8 Å². The summed E-state index contributed by atoms with van der Waals surface area (Å²) < 4.78 is 92.4. The van der Waals surface area contributed by atoms with Crippen molar-refractivity contribution in [3.05, 3.63) is 28.8 Å². The maximum Gasteiger partial charge on any atom is 0.422 e. The Morgan fingerprint density at radius 3 is 1.83 bits per heavy atom. The van der Waals surface area contributed by atoms with E-state index in [4.69, 9.17) is 0 Å². The van der Waals surface area contributed by atoms with Crippen molar-refractivity contribution in [1.82, 2.24) is 0 Å². The van der Waals surface area contributed by atoms with E-state index in [-0.39, 0.29) is 11.3 Å². The molecule has 2 amide bonds. The number of imide groups is 1. The highest BCUT2D eigenvalue weighted by Gasteiger charge is 2.69. The molecule has 0 bridgehead atoms. The molecule has 2 atom stereocenters. The number of fused-ring (bicyclic) bond motifs is 1. The Morgan fingerprint density at radius 2 is 1.48 bits per heavy atom. The molecule has 0 unspecified atom stereocenters. The topological polar surface area (TPSA) is 37.4 Å². The molecule has 0 spiro atoms. The standard InChI is InChI=1S/C13H6F7NO2/c1-12-2-3(12)10(22)21(11(12)23)9-7(16)5(14)4(13(18,19)20)6(15)8(9)17/h3H,2H2,1H3/t3-,12-/m1/s1. The van der Waals surface area contributed by atoms with Crippen LogP contribution in [-0.4, -0.2) is 11.8 Å². The first-order chi connectivity index (χ1) is 10.4. The predicted octanol–water partition coefficient (Wildman–Crippen LogP) is 3.16. The fourth-order valence-electron chi connectivity index (χ4n) is 2.75. The van der Waals surface area contributed by atoms with Crippen LogP contribution in [0.5, 0.6) is 0 Å². The number of anilines is 1. The van der Waals surface area contributed by atoms with Crippen LogP contribution in [0.25, 0.3) is 0 Å². The summed E-state index contributed by atoms with van der Waals surface area (Å²) in [7, 11) is 0. The first-order valence-electron chi connectivity index (χ1n) is 6.24. The number of hydrogen-bond acceptors (Lipinski definition) is 2. The number of piperidine rings is 1. The maximum atomic E-state index is 13.9. The zero-order valence-corrected chi connectivity index (χ0v) is 11.2. The normalized spacial score (nSPS) is 26.8. The van der Waals surface area contributed by atoms with Crippen LogP contribution < -0.4 is 4.90 Å². The summed E-state index contributed by atoms with van der Waals surface area (Å²) in [6.45, 7) is 1.31. The van der Waals surface area contributed by atoms with E-state index in [1.807, 2.05) is 0 Å². The number of carbonyl (C=O) groups is 2. The lowest BCUT2D eigenvalue weighted by molar-refractivity contribution is -0.143. The summed E-state index contributed by atoms with van der Waals surface area (Å²) in [6.07, 6.45) is -5.59. The van der Waals surface area contributed by atoms with Gasteiger partial charge in [-0.05, 0) is 13.3 Å². The second-order valence-electron chi connectivity index (χ2n) is 5.63. The maximum absolute atomic E-state index is 13.9. The third-order valence-corrected chi connectivity index (χ3v) is 4.19. The number of alkyl halides is 3. The van der Waals surface area contributed by atoms with E-state index in [2.05, 4.69) is 0 Å². The molecule has 1 saturated carbocycles. The van der Waals surface area contributed by atoms with E-state index < -0.39 is 63.8 Å². The Labute approximate surface area is 123 Å². The minimum atomic E-state index is -5.69. The second-order valence-corrected chi connectivity index (χ2v) is 5.63. The number of halogens is 7. The van der Waals surface area contributed by atoms with Crippen LogP contribution in [0, 0.1) is 34.6 Å². The first kappa shape index (κ1) is 15.8. The highest BCUT2D eigenvalue weighted by molar-refractivity contribution is 6.26. The van der Waals surface area contributed by atoms with Crippen LogP contribution in [0.3, 0.4) is 0 Å². The molecule has 1 aliphatic heterocycles. The van der Waals surface area contributed by atoms with Gasteiger partial charge in [0.25, 0.3) is 0 Å². The summed E-state index contributed by atoms with van der Waals surface area (Å²) in [4.78, 5) is 23.7. The molecule has 3 rings (SSSR count). The van der Waals surface area contributed by atoms with E-state index >= 15 is 0 Å². The van der Waals surface area contributed by atoms with Gasteiger partial charge in [-0.1, -0.05) is 0 Å². The quantitative estimate of drug-likeness (QED) is 0.447. The van der Waals surface area contributed by atoms with Crippen molar-refractivity contribution in [2.75, 3.05) is 4.90 Å². The molecule has 1 aliphatic carbocycles. The SMILES string of the molecule is C[C@@]12C[C@@H]1C(=O)N(c1c(F)c(F)c(C(F)(F)F)c(F)c1F)C2=O. The molecule has 0 radical (unpaired) electrons. The van der Waals surface area contributed by atoms with Gasteiger partial charge in [0.1, 0.15) is 11.3 Å². The number of rotatable bonds is 1. The lowest BCUT2D eigenvalue weighted by Gasteiger charge is -2.21. The summed E-state index contributed by atoms with van der Waals surface area (Å²) in [5, 5.41) is 0. The van der Waals surface area contributed by atoms with E-state index in [1.54, 1.807) is 0 Å². The molecule has 1 aromatic carbocycles. The lowest BCUT2D eigenvalue weighted by atomic mass is 10.1. The van der Waals surface area contributed by atoms with Gasteiger partial charge in [0.15, 0.2) is 23.3 Å². The number of benzene rings is 1. The third-order valence-electron chi connectivity index (χ3n) is 4.19. The van der Waals surface area contributed by atoms with Crippen LogP contribution in [0.4, 0.5) is 36.4 Å². The van der Waals surface area contributed by atoms with Gasteiger partial charge in [-0.15, -0.1) is 0 Å². The van der Waals surface area contributed by atoms with Gasteiger partial charge in [0.05, 0.1) is 11.3 Å². The van der Waals surface area contributed by atoms with Crippen LogP contribution in [0.2, 0.25) is 0 Å². The molecule has 0 aromatic heterocycles. The van der Waals surface area contributed by atoms with Crippen molar-refractivity contribution in [2.24, 2.45) is 11.3 Å². The van der Waals surface area contributed by atoms with E-state index in [0.717, 1.165) is 0 Å². The monoisotopic (exact) mass is 341 g/mol. The van der Waals surface area contributed by atoms with Gasteiger partial charge in [-0.25, -0.2) is 22.5 Å². The summed E-state index contributed by atoms with van der Waals surface area (Å²) in [6, 6.07) is 0. The highest BCUT2D eigenvalue weighted by atomic mass is 19.4. The van der Waals surface area contributed by atoms with Crippen LogP contribution >= 0.6 is 0 Å². The zero-order chi connectivity index (χ0) is 17.5. The molecule has 10 heteroatoms. The van der Waals surface area contributed by atoms with Crippen LogP contribution in [0.1, 0.15) is 18.9 Å². The Morgan fingerprint density at radius 1 is 1.00 bits per heavy atom. The summed E-state index contributed by atoms with van der Waals surface area (Å²) in [5.41, 5.74) is -5.76. The second kappa shape index (κ2) is 4.24. The van der Waals surface area contributed by atoms with Crippen molar-refractivity contribution in [2.45, 2.75) is 19.5 Å². The molecule has 23 heavy (non-hydrogen) atoms. The predicted molar refractivity (Wildman–Crippen MR) is 60.0 cm³/mol. The molecular weight excluding hydrogens is 335 g/mol. The smallest absolute Gasteiger partial charge is 0.274 e. The van der Waals surface area contributed by atoms with Crippen molar-refractivity contribution in [1.29, 1.82) is 0 Å². The van der Waals surface area contributed by atoms with E-state index in [1.165, 1.54) is 6.92 Å². The first-order valence-corrected chi connectivity index (χ1v) is 6.24. The van der Waals surface area contributed by atoms with Crippen LogP contribution in [0.15, 0.2) is 0 Å². The van der Waals surface area contributed by atoms with E-state index in [0.29, 0.717) is 0 Å². The summed E-state index contributed by atoms with van der Waals surface area (Å²) in [5.74, 6) is -13.4. The summed E-state index contributed by atoms with van der Waals surface area (Å²) >= 11 is 0. The van der Waals surface area contributed by atoms with Gasteiger partial charge in [-0.3, -0.25) is 9.59 Å². The highest BCUT2D eigenvalue weighted by Crippen LogP contribution is 2.60. The fraction of sp³-hybridized carbons (Fsp3) is 0.385. The average Bonchev–Trinajstić information content (AvgIpc) is 3.07. The number of amides is 2. The Balaban J connectivity index is 2.24. The van der Waals surface area contributed by atoms with Gasteiger partial charge < -0.3 is 0 Å². The lowest BCUT2D eigenvalue weighted by Crippen LogP contribution is -2.37. The average molecular weight is 341 g/mol. The Bertz CT molecular complexity index is 744. The van der Waals surface area contributed by atoms with Gasteiger partial charge in [-0.2, -0.15) is 13.2 Å². The van der Waals surface area contributed by atoms with Crippen LogP contribution in [-0.2, 0) is 15.8 Å². The van der Waals surface area contributed by atoms with Gasteiger partial charge >= 0.3 is 6.18 Å². The molecule has 3 nitrogen and oxygen atoms in total. The molecule has 0 N–H and O–H groups in total. The van der Waals surface area contributed by atoms with Gasteiger partial charge in [0, 0.05) is 0 Å². The zero-order valence-electron chi connectivity index (χ0n) is 11.2. The fourth-order valence-corrected chi connectivity index (χ4v) is 2.75. The number of nitrogens with zero attached hydrogens (tertiary/aromatic N) is 1. The van der Waals surface area contributed by atoms with E-state index in [9.17, 15) is 40.3 Å². The van der Waals surface area contributed by atoms with Crippen molar-refractivity contribution < 1.29 is 40.3 Å².